The highest BCUT2D eigenvalue weighted by molar-refractivity contribution is 7.19. The average molecular weight is 394 g/mol. The summed E-state index contributed by atoms with van der Waals surface area (Å²) < 4.78 is 2.86. The molecular formula is C24H27NS2. The van der Waals surface area contributed by atoms with Crippen LogP contribution in [0.15, 0.2) is 53.2 Å². The molecule has 1 N–H and O–H groups in total. The third kappa shape index (κ3) is 4.04. The predicted molar refractivity (Wildman–Crippen MR) is 124 cm³/mol. The van der Waals surface area contributed by atoms with E-state index in [1.165, 1.54) is 70.8 Å². The minimum atomic E-state index is 1.16. The molecule has 0 aliphatic heterocycles. The third-order valence-electron chi connectivity index (χ3n) is 5.25. The normalized spacial score (nSPS) is 11.4. The van der Waals surface area contributed by atoms with E-state index in [-0.39, 0.29) is 0 Å². The maximum Gasteiger partial charge on any atom is 0.0653 e. The Kier molecular flexibility index (Phi) is 6.10. The van der Waals surface area contributed by atoms with Crippen molar-refractivity contribution >= 4 is 54.2 Å². The second kappa shape index (κ2) is 8.90. The third-order valence-corrected chi connectivity index (χ3v) is 7.16. The maximum absolute atomic E-state index is 3.70. The fraction of sp³-hybridized carbons (Fsp3) is 0.333. The lowest BCUT2D eigenvalue weighted by Gasteiger charge is -2.13. The molecule has 27 heavy (non-hydrogen) atoms. The van der Waals surface area contributed by atoms with Crippen molar-refractivity contribution in [2.75, 3.05) is 5.32 Å². The molecule has 0 fully saturated rings. The number of hydrogen-bond acceptors (Lipinski definition) is 3. The number of para-hydroxylation sites is 1. The van der Waals surface area contributed by atoms with Gasteiger partial charge in [0.2, 0.25) is 0 Å². The maximum atomic E-state index is 3.70. The van der Waals surface area contributed by atoms with Crippen LogP contribution in [-0.4, -0.2) is 0 Å². The minimum absolute atomic E-state index is 1.16. The fourth-order valence-corrected chi connectivity index (χ4v) is 5.77. The summed E-state index contributed by atoms with van der Waals surface area (Å²) in [6.45, 7) is 2.28. The molecule has 0 amide bonds. The summed E-state index contributed by atoms with van der Waals surface area (Å²) in [5.74, 6) is 0. The van der Waals surface area contributed by atoms with Gasteiger partial charge in [0.15, 0.2) is 0 Å². The van der Waals surface area contributed by atoms with Crippen molar-refractivity contribution in [1.82, 2.24) is 0 Å². The summed E-state index contributed by atoms with van der Waals surface area (Å²) in [6, 6.07) is 15.1. The molecule has 0 atom stereocenters. The lowest BCUT2D eigenvalue weighted by Crippen LogP contribution is -1.94. The minimum Gasteiger partial charge on any atom is -0.354 e. The van der Waals surface area contributed by atoms with Crippen LogP contribution in [0.3, 0.4) is 0 Å². The van der Waals surface area contributed by atoms with Crippen LogP contribution >= 0.6 is 22.7 Å². The van der Waals surface area contributed by atoms with Gasteiger partial charge < -0.3 is 5.32 Å². The standard InChI is InChI=1S/C24H27NS2/c1-2-3-4-5-6-10-13-19-20-14-16-27-24(20)22(21-15-17-26-23(19)21)25-18-11-8-7-9-12-18/h7-9,11-12,14-17,25H,2-6,10,13H2,1H3. The lowest BCUT2D eigenvalue weighted by atomic mass is 9.99. The number of rotatable bonds is 9. The van der Waals surface area contributed by atoms with Crippen LogP contribution in [-0.2, 0) is 6.42 Å². The number of nitrogens with one attached hydrogen (secondary N) is 1. The van der Waals surface area contributed by atoms with Gasteiger partial charge in [0.05, 0.1) is 10.4 Å². The summed E-state index contributed by atoms with van der Waals surface area (Å²) in [5, 5.41) is 11.0. The quantitative estimate of drug-likeness (QED) is 0.280. The summed E-state index contributed by atoms with van der Waals surface area (Å²) in [6.07, 6.45) is 9.31. The first-order valence-corrected chi connectivity index (χ1v) is 11.9. The highest BCUT2D eigenvalue weighted by atomic mass is 32.1. The van der Waals surface area contributed by atoms with Crippen molar-refractivity contribution in [2.24, 2.45) is 0 Å². The summed E-state index contributed by atoms with van der Waals surface area (Å²) in [5.41, 5.74) is 3.99. The molecule has 3 heteroatoms. The Morgan fingerprint density at radius 2 is 1.44 bits per heavy atom. The number of anilines is 2. The van der Waals surface area contributed by atoms with Crippen LogP contribution in [0.5, 0.6) is 0 Å². The van der Waals surface area contributed by atoms with Gasteiger partial charge in [0, 0.05) is 15.8 Å². The van der Waals surface area contributed by atoms with E-state index in [1.807, 2.05) is 22.7 Å². The number of unbranched alkanes of at least 4 members (excludes halogenated alkanes) is 5. The summed E-state index contributed by atoms with van der Waals surface area (Å²) >= 11 is 3.75. The lowest BCUT2D eigenvalue weighted by molar-refractivity contribution is 0.609. The molecule has 0 aliphatic rings. The SMILES string of the molecule is CCCCCCCCc1c2ccsc2c(Nc2ccccc2)c2ccsc12. The second-order valence-electron chi connectivity index (χ2n) is 7.19. The van der Waals surface area contributed by atoms with E-state index in [2.05, 4.69) is 65.5 Å². The van der Waals surface area contributed by atoms with Crippen molar-refractivity contribution in [2.45, 2.75) is 51.9 Å². The van der Waals surface area contributed by atoms with Gasteiger partial charge >= 0.3 is 0 Å². The number of hydrogen-bond donors (Lipinski definition) is 1. The molecule has 0 bridgehead atoms. The van der Waals surface area contributed by atoms with Crippen LogP contribution in [0.4, 0.5) is 11.4 Å². The Bertz CT molecular complexity index is 946. The van der Waals surface area contributed by atoms with Gasteiger partial charge in [-0.05, 0) is 58.8 Å². The van der Waals surface area contributed by atoms with Crippen LogP contribution in [0.1, 0.15) is 51.0 Å². The Morgan fingerprint density at radius 1 is 0.741 bits per heavy atom. The molecule has 4 rings (SSSR count). The number of aryl methyl sites for hydroxylation is 1. The molecule has 0 saturated heterocycles. The van der Waals surface area contributed by atoms with Crippen LogP contribution in [0, 0.1) is 0 Å². The molecule has 0 unspecified atom stereocenters. The molecule has 4 aromatic rings. The molecule has 2 aromatic carbocycles. The highest BCUT2D eigenvalue weighted by Crippen LogP contribution is 2.43. The molecule has 2 aromatic heterocycles. The predicted octanol–water partition coefficient (Wildman–Crippen LogP) is 8.76. The van der Waals surface area contributed by atoms with E-state index in [1.54, 1.807) is 5.56 Å². The van der Waals surface area contributed by atoms with Crippen molar-refractivity contribution in [3.8, 4) is 0 Å². The molecule has 0 saturated carbocycles. The van der Waals surface area contributed by atoms with Gasteiger partial charge in [0.1, 0.15) is 0 Å². The van der Waals surface area contributed by atoms with Gasteiger partial charge in [-0.1, -0.05) is 57.2 Å². The van der Waals surface area contributed by atoms with Crippen molar-refractivity contribution in [3.05, 3.63) is 58.8 Å². The molecule has 0 spiro atoms. The van der Waals surface area contributed by atoms with Crippen molar-refractivity contribution in [3.63, 3.8) is 0 Å². The Morgan fingerprint density at radius 3 is 2.26 bits per heavy atom. The van der Waals surface area contributed by atoms with Crippen LogP contribution in [0.25, 0.3) is 20.2 Å². The van der Waals surface area contributed by atoms with E-state index in [0.29, 0.717) is 0 Å². The van der Waals surface area contributed by atoms with Crippen molar-refractivity contribution < 1.29 is 0 Å². The topological polar surface area (TPSA) is 12.0 Å². The molecular weight excluding hydrogens is 366 g/mol. The number of fused-ring (bicyclic) bond motifs is 2. The van der Waals surface area contributed by atoms with E-state index >= 15 is 0 Å². The van der Waals surface area contributed by atoms with Crippen LogP contribution < -0.4 is 5.32 Å². The van der Waals surface area contributed by atoms with E-state index in [9.17, 15) is 0 Å². The monoisotopic (exact) mass is 393 g/mol. The molecule has 140 valence electrons. The van der Waals surface area contributed by atoms with Crippen molar-refractivity contribution in [1.29, 1.82) is 0 Å². The zero-order valence-corrected chi connectivity index (χ0v) is 17.6. The van der Waals surface area contributed by atoms with Gasteiger partial charge in [-0.3, -0.25) is 0 Å². The highest BCUT2D eigenvalue weighted by Gasteiger charge is 2.16. The molecule has 0 aliphatic carbocycles. The molecule has 0 radical (unpaired) electrons. The Balaban J connectivity index is 1.64. The average Bonchev–Trinajstić information content (AvgIpc) is 3.37. The zero-order chi connectivity index (χ0) is 18.5. The Hall–Kier alpha value is -1.84. The van der Waals surface area contributed by atoms with E-state index < -0.39 is 0 Å². The first-order valence-electron chi connectivity index (χ1n) is 10.1. The smallest absolute Gasteiger partial charge is 0.0653 e. The van der Waals surface area contributed by atoms with E-state index in [0.717, 1.165) is 5.69 Å². The van der Waals surface area contributed by atoms with Gasteiger partial charge in [-0.25, -0.2) is 0 Å². The first-order chi connectivity index (χ1) is 13.4. The zero-order valence-electron chi connectivity index (χ0n) is 16.0. The Labute approximate surface area is 170 Å². The first kappa shape index (κ1) is 18.5. The second-order valence-corrected chi connectivity index (χ2v) is 9.02. The van der Waals surface area contributed by atoms with Gasteiger partial charge in [-0.2, -0.15) is 0 Å². The fourth-order valence-electron chi connectivity index (χ4n) is 3.85. The van der Waals surface area contributed by atoms with Gasteiger partial charge in [-0.15, -0.1) is 22.7 Å². The number of thiophene rings is 2. The summed E-state index contributed by atoms with van der Waals surface area (Å²) in [7, 11) is 0. The van der Waals surface area contributed by atoms with E-state index in [4.69, 9.17) is 0 Å². The molecule has 1 nitrogen and oxygen atoms in total. The van der Waals surface area contributed by atoms with Gasteiger partial charge in [0.25, 0.3) is 0 Å². The number of benzene rings is 2. The largest absolute Gasteiger partial charge is 0.354 e. The van der Waals surface area contributed by atoms with Crippen LogP contribution in [0.2, 0.25) is 0 Å². The summed E-state index contributed by atoms with van der Waals surface area (Å²) in [4.78, 5) is 0. The molecule has 2 heterocycles.